The lowest BCUT2D eigenvalue weighted by atomic mass is 9.64. The van der Waals surface area contributed by atoms with Crippen molar-refractivity contribution < 1.29 is 4.74 Å². The Kier molecular flexibility index (Phi) is 5.31. The molecule has 0 N–H and O–H groups in total. The van der Waals surface area contributed by atoms with Gasteiger partial charge in [-0.3, -0.25) is 4.98 Å². The minimum atomic E-state index is -0.460. The third kappa shape index (κ3) is 3.32. The number of aromatic nitrogens is 1. The molecule has 2 nitrogen and oxygen atoms in total. The molecule has 0 amide bonds. The molecule has 4 aromatic rings. The highest BCUT2D eigenvalue weighted by Gasteiger charge is 2.53. The van der Waals surface area contributed by atoms with Crippen LogP contribution in [0.1, 0.15) is 59.7 Å². The Balaban J connectivity index is 1.27. The van der Waals surface area contributed by atoms with Crippen LogP contribution in [-0.4, -0.2) is 4.98 Å². The van der Waals surface area contributed by atoms with Crippen LogP contribution in [0.5, 0.6) is 11.5 Å². The molecule has 3 aromatic carbocycles. The normalized spacial score (nSPS) is 19.7. The van der Waals surface area contributed by atoms with E-state index < -0.39 is 5.41 Å². The van der Waals surface area contributed by atoms with Crippen molar-refractivity contribution >= 4 is 11.1 Å². The highest BCUT2D eigenvalue weighted by atomic mass is 16.5. The van der Waals surface area contributed by atoms with Crippen molar-refractivity contribution in [3.63, 3.8) is 0 Å². The second-order valence-corrected chi connectivity index (χ2v) is 11.3. The number of pyridine rings is 1. The maximum absolute atomic E-state index is 6.49. The van der Waals surface area contributed by atoms with Gasteiger partial charge in [-0.2, -0.15) is 0 Å². The number of rotatable bonds is 3. The summed E-state index contributed by atoms with van der Waals surface area (Å²) in [5, 5.41) is 0. The summed E-state index contributed by atoms with van der Waals surface area (Å²) in [4.78, 5) is 5.10. The van der Waals surface area contributed by atoms with Crippen LogP contribution in [0.25, 0.3) is 11.1 Å². The van der Waals surface area contributed by atoms with Crippen molar-refractivity contribution in [1.29, 1.82) is 0 Å². The molecule has 0 fully saturated rings. The lowest BCUT2D eigenvalue weighted by Crippen LogP contribution is -2.35. The van der Waals surface area contributed by atoms with Crippen LogP contribution in [0.2, 0.25) is 0 Å². The number of aryl methyl sites for hydroxylation is 1. The van der Waals surface area contributed by atoms with E-state index in [9.17, 15) is 0 Å². The molecule has 0 radical (unpaired) electrons. The zero-order valence-electron chi connectivity index (χ0n) is 22.7. The van der Waals surface area contributed by atoms with Gasteiger partial charge in [0.15, 0.2) is 0 Å². The summed E-state index contributed by atoms with van der Waals surface area (Å²) in [5.74, 6) is 2.16. The largest absolute Gasteiger partial charge is 0.457 e. The SMILES string of the molecule is CCc1ccc(C2=CC(C3C=CC4=C(C3)C3(c5ccccc5Oc5ccccc53)c3ncccc34)=CCC2)cc1. The van der Waals surface area contributed by atoms with Crippen LogP contribution in [0.4, 0.5) is 0 Å². The molecular weight excluding hydrogens is 486 g/mol. The quantitative estimate of drug-likeness (QED) is 0.270. The topological polar surface area (TPSA) is 22.1 Å². The average Bonchev–Trinajstić information content (AvgIpc) is 3.31. The highest BCUT2D eigenvalue weighted by molar-refractivity contribution is 5.91. The average molecular weight is 518 g/mol. The third-order valence-electron chi connectivity index (χ3n) is 9.25. The van der Waals surface area contributed by atoms with Crippen molar-refractivity contribution in [3.8, 4) is 11.5 Å². The van der Waals surface area contributed by atoms with Crippen molar-refractivity contribution in [3.05, 3.63) is 160 Å². The number of para-hydroxylation sites is 2. The fourth-order valence-corrected chi connectivity index (χ4v) is 7.35. The summed E-state index contributed by atoms with van der Waals surface area (Å²) in [6, 6.07) is 30.6. The van der Waals surface area contributed by atoms with Gasteiger partial charge < -0.3 is 4.74 Å². The zero-order valence-corrected chi connectivity index (χ0v) is 22.7. The molecule has 4 aliphatic rings. The van der Waals surface area contributed by atoms with E-state index in [0.717, 1.165) is 42.9 Å². The summed E-state index contributed by atoms with van der Waals surface area (Å²) in [6.07, 6.45) is 15.9. The summed E-state index contributed by atoms with van der Waals surface area (Å²) in [6.45, 7) is 2.22. The van der Waals surface area contributed by atoms with Crippen LogP contribution in [0, 0.1) is 5.92 Å². The van der Waals surface area contributed by atoms with Crippen LogP contribution < -0.4 is 4.74 Å². The predicted molar refractivity (Wildman–Crippen MR) is 162 cm³/mol. The van der Waals surface area contributed by atoms with Gasteiger partial charge in [-0.05, 0) is 77.3 Å². The molecule has 1 spiro atoms. The van der Waals surface area contributed by atoms with E-state index in [1.165, 1.54) is 50.1 Å². The van der Waals surface area contributed by atoms with E-state index in [1.807, 2.05) is 6.20 Å². The predicted octanol–water partition coefficient (Wildman–Crippen LogP) is 9.23. The number of benzene rings is 3. The Bertz CT molecular complexity index is 1740. The molecule has 0 bridgehead atoms. The van der Waals surface area contributed by atoms with Crippen LogP contribution >= 0.6 is 0 Å². The maximum atomic E-state index is 6.49. The van der Waals surface area contributed by atoms with Gasteiger partial charge in [-0.1, -0.05) is 98.0 Å². The summed E-state index contributed by atoms with van der Waals surface area (Å²) < 4.78 is 6.49. The number of hydrogen-bond donors (Lipinski definition) is 0. The molecule has 1 aromatic heterocycles. The first-order valence-corrected chi connectivity index (χ1v) is 14.5. The van der Waals surface area contributed by atoms with Crippen molar-refractivity contribution in [2.45, 2.75) is 38.0 Å². The number of fused-ring (bicyclic) bond motifs is 8. The molecule has 2 heteroatoms. The monoisotopic (exact) mass is 517 g/mol. The van der Waals surface area contributed by atoms with Crippen molar-refractivity contribution in [1.82, 2.24) is 4.98 Å². The van der Waals surface area contributed by atoms with E-state index >= 15 is 0 Å². The molecular formula is C38H31NO. The smallest absolute Gasteiger partial charge is 0.132 e. The first-order chi connectivity index (χ1) is 19.8. The summed E-state index contributed by atoms with van der Waals surface area (Å²) >= 11 is 0. The van der Waals surface area contributed by atoms with E-state index in [0.29, 0.717) is 5.92 Å². The van der Waals surface area contributed by atoms with Crippen LogP contribution in [0.3, 0.4) is 0 Å². The Morgan fingerprint density at radius 2 is 1.62 bits per heavy atom. The van der Waals surface area contributed by atoms with Crippen LogP contribution in [0.15, 0.2) is 127 Å². The maximum Gasteiger partial charge on any atom is 0.132 e. The molecule has 0 saturated carbocycles. The first kappa shape index (κ1) is 23.5. The van der Waals surface area contributed by atoms with Gasteiger partial charge >= 0.3 is 0 Å². The summed E-state index contributed by atoms with van der Waals surface area (Å²) in [7, 11) is 0. The number of ether oxygens (including phenoxy) is 1. The highest BCUT2D eigenvalue weighted by Crippen LogP contribution is 2.62. The van der Waals surface area contributed by atoms with Crippen molar-refractivity contribution in [2.24, 2.45) is 5.92 Å². The molecule has 1 atom stereocenters. The fourth-order valence-electron chi connectivity index (χ4n) is 7.35. The fraction of sp³-hybridized carbons (Fsp3) is 0.184. The molecule has 1 aliphatic heterocycles. The lowest BCUT2D eigenvalue weighted by molar-refractivity contribution is 0.427. The van der Waals surface area contributed by atoms with E-state index in [1.54, 1.807) is 0 Å². The number of allylic oxidation sites excluding steroid dienone is 8. The molecule has 40 heavy (non-hydrogen) atoms. The summed E-state index contributed by atoms with van der Waals surface area (Å²) in [5.41, 5.74) is 12.7. The van der Waals surface area contributed by atoms with Crippen molar-refractivity contribution in [2.75, 3.05) is 0 Å². The molecule has 0 saturated heterocycles. The van der Waals surface area contributed by atoms with Gasteiger partial charge in [0, 0.05) is 28.8 Å². The van der Waals surface area contributed by atoms with Gasteiger partial charge in [0.05, 0.1) is 11.1 Å². The molecule has 2 heterocycles. The second kappa shape index (κ2) is 9.06. The van der Waals surface area contributed by atoms with Gasteiger partial charge in [-0.15, -0.1) is 0 Å². The number of nitrogens with zero attached hydrogens (tertiary/aromatic N) is 1. The minimum absolute atomic E-state index is 0.317. The number of hydrogen-bond acceptors (Lipinski definition) is 2. The van der Waals surface area contributed by atoms with Gasteiger partial charge in [0.25, 0.3) is 0 Å². The van der Waals surface area contributed by atoms with E-state index in [-0.39, 0.29) is 0 Å². The lowest BCUT2D eigenvalue weighted by Gasteiger charge is -2.41. The standard InChI is InChI=1S/C38H31NO/c1-2-25-16-18-26(19-17-25)27-9-7-10-28(23-27)29-20-21-30-31-11-8-22-39-37(31)38(34(30)24-29)32-12-3-5-14-35(32)40-36-15-6-4-13-33(36)38/h3-6,8,10-23,29H,2,7,9,24H2,1H3. The minimum Gasteiger partial charge on any atom is -0.457 e. The van der Waals surface area contributed by atoms with Crippen LogP contribution in [-0.2, 0) is 11.8 Å². The Hall–Kier alpha value is -4.43. The van der Waals surface area contributed by atoms with E-state index in [4.69, 9.17) is 9.72 Å². The molecule has 8 rings (SSSR count). The third-order valence-corrected chi connectivity index (χ3v) is 9.25. The van der Waals surface area contributed by atoms with Gasteiger partial charge in [0.2, 0.25) is 0 Å². The second-order valence-electron chi connectivity index (χ2n) is 11.3. The Morgan fingerprint density at radius 1 is 0.875 bits per heavy atom. The first-order valence-electron chi connectivity index (χ1n) is 14.5. The van der Waals surface area contributed by atoms with Gasteiger partial charge in [0.1, 0.15) is 11.5 Å². The molecule has 1 unspecified atom stereocenters. The molecule has 3 aliphatic carbocycles. The molecule has 194 valence electrons. The Morgan fingerprint density at radius 3 is 2.38 bits per heavy atom. The Labute approximate surface area is 236 Å². The van der Waals surface area contributed by atoms with Gasteiger partial charge in [-0.25, -0.2) is 0 Å². The zero-order chi connectivity index (χ0) is 26.7. The van der Waals surface area contributed by atoms with E-state index in [2.05, 4.69) is 116 Å².